The van der Waals surface area contributed by atoms with Gasteiger partial charge in [-0.3, -0.25) is 15.6 Å². The zero-order valence-electron chi connectivity index (χ0n) is 16.3. The van der Waals surface area contributed by atoms with Crippen LogP contribution in [0.2, 0.25) is 0 Å². The van der Waals surface area contributed by atoms with Crippen molar-refractivity contribution in [2.75, 3.05) is 47.1 Å². The molecule has 3 aromatic rings. The highest BCUT2D eigenvalue weighted by Gasteiger charge is 2.23. The van der Waals surface area contributed by atoms with E-state index in [2.05, 4.69) is 20.8 Å². The van der Waals surface area contributed by atoms with Gasteiger partial charge in [0.05, 0.1) is 5.69 Å². The lowest BCUT2D eigenvalue weighted by molar-refractivity contribution is 0.0962. The van der Waals surface area contributed by atoms with Crippen LogP contribution in [0.15, 0.2) is 60.9 Å². The minimum atomic E-state index is -0.298. The standard InChI is InChI=1S/C21H22FN7O/c22-16-8-4-5-9-17(16)28-10-12-29(13-11-28)20-18(23)19(24-14-25-20)26-27-21(30)15-6-2-1-3-7-15/h1-9,14H,10-13,23H2,(H,27,30)(H,24,25,26). The SMILES string of the molecule is Nc1c(NNC(=O)c2ccccc2)ncnc1N1CCN(c2ccccc2F)CC1. The van der Waals surface area contributed by atoms with E-state index >= 15 is 0 Å². The molecule has 9 heteroatoms. The Kier molecular flexibility index (Phi) is 5.60. The Hall–Kier alpha value is -3.88. The minimum Gasteiger partial charge on any atom is -0.393 e. The smallest absolute Gasteiger partial charge is 0.269 e. The molecule has 1 fully saturated rings. The van der Waals surface area contributed by atoms with Crippen LogP contribution in [-0.4, -0.2) is 42.1 Å². The lowest BCUT2D eigenvalue weighted by atomic mass is 10.2. The molecule has 1 saturated heterocycles. The van der Waals surface area contributed by atoms with Crippen molar-refractivity contribution in [2.24, 2.45) is 0 Å². The first-order chi connectivity index (χ1) is 14.6. The van der Waals surface area contributed by atoms with Gasteiger partial charge in [0.1, 0.15) is 17.8 Å². The Balaban J connectivity index is 1.41. The van der Waals surface area contributed by atoms with Gasteiger partial charge < -0.3 is 15.5 Å². The number of rotatable bonds is 5. The van der Waals surface area contributed by atoms with Crippen LogP contribution in [0, 0.1) is 5.82 Å². The Labute approximate surface area is 173 Å². The predicted octanol–water partition coefficient (Wildman–Crippen LogP) is 2.28. The number of carbonyl (C=O) groups excluding carboxylic acids is 1. The van der Waals surface area contributed by atoms with Crippen molar-refractivity contribution >= 4 is 28.9 Å². The molecule has 4 N–H and O–H groups in total. The van der Waals surface area contributed by atoms with Gasteiger partial charge in [0.25, 0.3) is 5.91 Å². The number of nitrogens with one attached hydrogen (secondary N) is 2. The van der Waals surface area contributed by atoms with Crippen LogP contribution in [0.5, 0.6) is 0 Å². The molecular formula is C21H22FN7O. The number of benzene rings is 2. The van der Waals surface area contributed by atoms with Crippen LogP contribution in [0.25, 0.3) is 0 Å². The summed E-state index contributed by atoms with van der Waals surface area (Å²) in [7, 11) is 0. The Morgan fingerprint density at radius 3 is 2.33 bits per heavy atom. The van der Waals surface area contributed by atoms with Crippen molar-refractivity contribution < 1.29 is 9.18 Å². The largest absolute Gasteiger partial charge is 0.393 e. The second-order valence-corrected chi connectivity index (χ2v) is 6.83. The maximum absolute atomic E-state index is 14.0. The first-order valence-corrected chi connectivity index (χ1v) is 9.60. The molecule has 0 atom stereocenters. The second kappa shape index (κ2) is 8.64. The molecule has 1 amide bonds. The Morgan fingerprint density at radius 1 is 0.933 bits per heavy atom. The molecule has 2 heterocycles. The molecule has 0 spiro atoms. The second-order valence-electron chi connectivity index (χ2n) is 6.83. The van der Waals surface area contributed by atoms with Crippen molar-refractivity contribution in [1.29, 1.82) is 0 Å². The van der Waals surface area contributed by atoms with Gasteiger partial charge in [-0.15, -0.1) is 0 Å². The number of para-hydroxylation sites is 1. The fraction of sp³-hybridized carbons (Fsp3) is 0.190. The fourth-order valence-electron chi connectivity index (χ4n) is 3.38. The van der Waals surface area contributed by atoms with Crippen molar-refractivity contribution in [1.82, 2.24) is 15.4 Å². The van der Waals surface area contributed by atoms with Crippen molar-refractivity contribution in [3.8, 4) is 0 Å². The molecule has 2 aromatic carbocycles. The van der Waals surface area contributed by atoms with Gasteiger partial charge in [-0.2, -0.15) is 0 Å². The number of hydrogen-bond acceptors (Lipinski definition) is 7. The first-order valence-electron chi connectivity index (χ1n) is 9.60. The summed E-state index contributed by atoms with van der Waals surface area (Å²) in [4.78, 5) is 24.7. The van der Waals surface area contributed by atoms with Crippen molar-refractivity contribution in [2.45, 2.75) is 0 Å². The highest BCUT2D eigenvalue weighted by atomic mass is 19.1. The number of carbonyl (C=O) groups is 1. The van der Waals surface area contributed by atoms with E-state index in [0.717, 1.165) is 0 Å². The summed E-state index contributed by atoms with van der Waals surface area (Å²) in [6, 6.07) is 15.6. The highest BCUT2D eigenvalue weighted by molar-refractivity contribution is 5.95. The number of halogens is 1. The van der Waals surface area contributed by atoms with E-state index in [0.29, 0.717) is 54.8 Å². The molecule has 1 aliphatic rings. The molecule has 0 unspecified atom stereocenters. The summed E-state index contributed by atoms with van der Waals surface area (Å²) in [5.74, 6) is 0.372. The van der Waals surface area contributed by atoms with Crippen LogP contribution in [0.4, 0.5) is 27.4 Å². The van der Waals surface area contributed by atoms with E-state index in [1.807, 2.05) is 21.9 Å². The van der Waals surface area contributed by atoms with Gasteiger partial charge in [-0.25, -0.2) is 14.4 Å². The summed E-state index contributed by atoms with van der Waals surface area (Å²) in [5.41, 5.74) is 13.1. The van der Waals surface area contributed by atoms with Crippen LogP contribution in [-0.2, 0) is 0 Å². The monoisotopic (exact) mass is 407 g/mol. The summed E-state index contributed by atoms with van der Waals surface area (Å²) in [5, 5.41) is 0. The van der Waals surface area contributed by atoms with E-state index in [1.165, 1.54) is 12.4 Å². The zero-order valence-corrected chi connectivity index (χ0v) is 16.3. The third-order valence-electron chi connectivity index (χ3n) is 4.97. The van der Waals surface area contributed by atoms with Crippen LogP contribution < -0.4 is 26.4 Å². The van der Waals surface area contributed by atoms with Crippen molar-refractivity contribution in [3.63, 3.8) is 0 Å². The molecule has 0 aliphatic carbocycles. The van der Waals surface area contributed by atoms with E-state index in [-0.39, 0.29) is 11.7 Å². The third-order valence-corrected chi connectivity index (χ3v) is 4.97. The van der Waals surface area contributed by atoms with E-state index in [4.69, 9.17) is 5.73 Å². The molecule has 1 aliphatic heterocycles. The van der Waals surface area contributed by atoms with E-state index in [9.17, 15) is 9.18 Å². The molecule has 0 bridgehead atoms. The molecule has 30 heavy (non-hydrogen) atoms. The first kappa shape index (κ1) is 19.4. The molecular weight excluding hydrogens is 385 g/mol. The number of hydrazine groups is 1. The minimum absolute atomic E-state index is 0.229. The summed E-state index contributed by atoms with van der Waals surface area (Å²) >= 11 is 0. The van der Waals surface area contributed by atoms with Gasteiger partial charge in [0, 0.05) is 31.7 Å². The Morgan fingerprint density at radius 2 is 1.60 bits per heavy atom. The number of aromatic nitrogens is 2. The molecule has 4 rings (SSSR count). The summed E-state index contributed by atoms with van der Waals surface area (Å²) < 4.78 is 14.0. The predicted molar refractivity (Wildman–Crippen MR) is 115 cm³/mol. The van der Waals surface area contributed by atoms with E-state index in [1.54, 1.807) is 36.4 Å². The third kappa shape index (κ3) is 4.09. The summed E-state index contributed by atoms with van der Waals surface area (Å²) in [6.07, 6.45) is 1.39. The zero-order chi connectivity index (χ0) is 20.9. The van der Waals surface area contributed by atoms with Crippen molar-refractivity contribution in [3.05, 3.63) is 72.3 Å². The average molecular weight is 407 g/mol. The van der Waals surface area contributed by atoms with Gasteiger partial charge in [-0.1, -0.05) is 30.3 Å². The lowest BCUT2D eigenvalue weighted by Crippen LogP contribution is -2.47. The molecule has 0 saturated carbocycles. The molecule has 154 valence electrons. The normalized spacial score (nSPS) is 13.8. The average Bonchev–Trinajstić information content (AvgIpc) is 2.79. The molecule has 0 radical (unpaired) electrons. The fourth-order valence-corrected chi connectivity index (χ4v) is 3.38. The maximum atomic E-state index is 14.0. The number of nitrogen functional groups attached to an aromatic ring is 1. The number of amides is 1. The number of nitrogens with two attached hydrogens (primary N) is 1. The van der Waals surface area contributed by atoms with Gasteiger partial charge >= 0.3 is 0 Å². The Bertz CT molecular complexity index is 1020. The summed E-state index contributed by atoms with van der Waals surface area (Å²) in [6.45, 7) is 2.53. The lowest BCUT2D eigenvalue weighted by Gasteiger charge is -2.37. The number of piperazine rings is 1. The number of hydrogen-bond donors (Lipinski definition) is 3. The van der Waals surface area contributed by atoms with Crippen LogP contribution in [0.3, 0.4) is 0 Å². The van der Waals surface area contributed by atoms with Crippen LogP contribution in [0.1, 0.15) is 10.4 Å². The van der Waals surface area contributed by atoms with Gasteiger partial charge in [0.15, 0.2) is 11.6 Å². The maximum Gasteiger partial charge on any atom is 0.269 e. The topological polar surface area (TPSA) is 99.4 Å². The highest BCUT2D eigenvalue weighted by Crippen LogP contribution is 2.28. The quantitative estimate of drug-likeness (QED) is 0.558. The number of anilines is 4. The van der Waals surface area contributed by atoms with E-state index < -0.39 is 0 Å². The van der Waals surface area contributed by atoms with Gasteiger partial charge in [0.2, 0.25) is 0 Å². The molecule has 8 nitrogen and oxygen atoms in total. The van der Waals surface area contributed by atoms with Crippen LogP contribution >= 0.6 is 0 Å². The van der Waals surface area contributed by atoms with Gasteiger partial charge in [-0.05, 0) is 24.3 Å². The molecule has 1 aromatic heterocycles. The number of nitrogens with zero attached hydrogens (tertiary/aromatic N) is 4.